The Balaban J connectivity index is 1.88. The first-order chi connectivity index (χ1) is 8.83. The summed E-state index contributed by atoms with van der Waals surface area (Å²) in [6, 6.07) is 5.98. The summed E-state index contributed by atoms with van der Waals surface area (Å²) in [6.07, 6.45) is 0.123. The highest BCUT2D eigenvalue weighted by Gasteiger charge is 2.42. The standard InChI is InChI=1S/C14H18O4/c1-15-12-4-3-9(5-13(12)16-2)14-11-8-17-6-10(11)7-18-14/h3-5,10-11,14H,6-8H2,1-2H3. The van der Waals surface area contributed by atoms with Crippen LogP contribution in [0.2, 0.25) is 0 Å². The van der Waals surface area contributed by atoms with Crippen LogP contribution < -0.4 is 9.47 Å². The van der Waals surface area contributed by atoms with Crippen LogP contribution in [0.5, 0.6) is 11.5 Å². The number of methoxy groups -OCH3 is 2. The summed E-state index contributed by atoms with van der Waals surface area (Å²) < 4.78 is 22.0. The lowest BCUT2D eigenvalue weighted by Crippen LogP contribution is -2.12. The predicted molar refractivity (Wildman–Crippen MR) is 66.0 cm³/mol. The summed E-state index contributed by atoms with van der Waals surface area (Å²) in [5.41, 5.74) is 1.14. The Kier molecular flexibility index (Phi) is 3.14. The second kappa shape index (κ2) is 4.78. The van der Waals surface area contributed by atoms with E-state index in [9.17, 15) is 0 Å². The van der Waals surface area contributed by atoms with Gasteiger partial charge in [0.05, 0.1) is 40.1 Å². The molecule has 2 fully saturated rings. The molecule has 4 heteroatoms. The molecule has 0 amide bonds. The van der Waals surface area contributed by atoms with Crippen LogP contribution in [0.15, 0.2) is 18.2 Å². The van der Waals surface area contributed by atoms with Gasteiger partial charge in [-0.3, -0.25) is 0 Å². The molecule has 1 aromatic rings. The molecule has 2 aliphatic rings. The van der Waals surface area contributed by atoms with Crippen molar-refractivity contribution in [3.63, 3.8) is 0 Å². The fourth-order valence-electron chi connectivity index (χ4n) is 2.85. The van der Waals surface area contributed by atoms with Gasteiger partial charge in [0.25, 0.3) is 0 Å². The van der Waals surface area contributed by atoms with Crippen molar-refractivity contribution >= 4 is 0 Å². The molecule has 2 saturated heterocycles. The molecule has 0 radical (unpaired) electrons. The van der Waals surface area contributed by atoms with E-state index in [-0.39, 0.29) is 6.10 Å². The second-order valence-electron chi connectivity index (χ2n) is 4.83. The molecule has 0 N–H and O–H groups in total. The van der Waals surface area contributed by atoms with E-state index in [2.05, 4.69) is 0 Å². The van der Waals surface area contributed by atoms with E-state index >= 15 is 0 Å². The van der Waals surface area contributed by atoms with E-state index in [1.807, 2.05) is 18.2 Å². The van der Waals surface area contributed by atoms with Crippen molar-refractivity contribution < 1.29 is 18.9 Å². The second-order valence-corrected chi connectivity index (χ2v) is 4.83. The van der Waals surface area contributed by atoms with Gasteiger partial charge < -0.3 is 18.9 Å². The van der Waals surface area contributed by atoms with Crippen molar-refractivity contribution in [3.05, 3.63) is 23.8 Å². The smallest absolute Gasteiger partial charge is 0.161 e. The van der Waals surface area contributed by atoms with Crippen LogP contribution in [0.1, 0.15) is 11.7 Å². The number of ether oxygens (including phenoxy) is 4. The minimum Gasteiger partial charge on any atom is -0.493 e. The first-order valence-corrected chi connectivity index (χ1v) is 6.24. The van der Waals surface area contributed by atoms with Gasteiger partial charge in [-0.05, 0) is 17.7 Å². The molecule has 3 unspecified atom stereocenters. The average Bonchev–Trinajstić information content (AvgIpc) is 3.00. The average molecular weight is 250 g/mol. The molecule has 1 aromatic carbocycles. The topological polar surface area (TPSA) is 36.9 Å². The summed E-state index contributed by atoms with van der Waals surface area (Å²) in [5.74, 6) is 2.52. The molecule has 3 rings (SSSR count). The van der Waals surface area contributed by atoms with Crippen molar-refractivity contribution in [1.29, 1.82) is 0 Å². The van der Waals surface area contributed by atoms with Crippen LogP contribution >= 0.6 is 0 Å². The molecular weight excluding hydrogens is 232 g/mol. The molecule has 0 saturated carbocycles. The van der Waals surface area contributed by atoms with Crippen molar-refractivity contribution in [3.8, 4) is 11.5 Å². The van der Waals surface area contributed by atoms with Gasteiger partial charge in [0, 0.05) is 11.8 Å². The van der Waals surface area contributed by atoms with Gasteiger partial charge in [-0.1, -0.05) is 6.07 Å². The highest BCUT2D eigenvalue weighted by molar-refractivity contribution is 5.43. The lowest BCUT2D eigenvalue weighted by molar-refractivity contribution is 0.0501. The van der Waals surface area contributed by atoms with Gasteiger partial charge in [-0.15, -0.1) is 0 Å². The van der Waals surface area contributed by atoms with Crippen LogP contribution in [0.3, 0.4) is 0 Å². The van der Waals surface area contributed by atoms with Gasteiger partial charge >= 0.3 is 0 Å². The Bertz CT molecular complexity index is 432. The maximum Gasteiger partial charge on any atom is 0.161 e. The zero-order valence-corrected chi connectivity index (χ0v) is 10.7. The normalized spacial score (nSPS) is 30.2. The van der Waals surface area contributed by atoms with Crippen molar-refractivity contribution in [2.45, 2.75) is 6.10 Å². The molecule has 0 bridgehead atoms. The lowest BCUT2D eigenvalue weighted by atomic mass is 9.90. The number of hydrogen-bond donors (Lipinski definition) is 0. The van der Waals surface area contributed by atoms with Crippen LogP contribution in [-0.2, 0) is 9.47 Å². The van der Waals surface area contributed by atoms with E-state index in [1.165, 1.54) is 0 Å². The van der Waals surface area contributed by atoms with E-state index in [0.29, 0.717) is 11.8 Å². The van der Waals surface area contributed by atoms with E-state index in [4.69, 9.17) is 18.9 Å². The summed E-state index contributed by atoms with van der Waals surface area (Å²) >= 11 is 0. The van der Waals surface area contributed by atoms with Crippen molar-refractivity contribution in [2.75, 3.05) is 34.0 Å². The third kappa shape index (κ3) is 1.85. The summed E-state index contributed by atoms with van der Waals surface area (Å²) in [4.78, 5) is 0. The number of rotatable bonds is 3. The Morgan fingerprint density at radius 3 is 2.67 bits per heavy atom. The Labute approximate surface area is 107 Å². The maximum absolute atomic E-state index is 5.90. The van der Waals surface area contributed by atoms with Crippen molar-refractivity contribution in [2.24, 2.45) is 11.8 Å². The minimum atomic E-state index is 0.123. The lowest BCUT2D eigenvalue weighted by Gasteiger charge is -2.18. The van der Waals surface area contributed by atoms with Gasteiger partial charge in [-0.25, -0.2) is 0 Å². The fraction of sp³-hybridized carbons (Fsp3) is 0.571. The quantitative estimate of drug-likeness (QED) is 0.822. The van der Waals surface area contributed by atoms with Gasteiger partial charge in [0.1, 0.15) is 0 Å². The van der Waals surface area contributed by atoms with E-state index in [1.54, 1.807) is 14.2 Å². The molecule has 0 aliphatic carbocycles. The highest BCUT2D eigenvalue weighted by atomic mass is 16.5. The molecule has 98 valence electrons. The Hall–Kier alpha value is -1.26. The van der Waals surface area contributed by atoms with Gasteiger partial charge in [0.2, 0.25) is 0 Å². The Morgan fingerprint density at radius 2 is 1.89 bits per heavy atom. The molecule has 0 aromatic heterocycles. The maximum atomic E-state index is 5.90. The van der Waals surface area contributed by atoms with Crippen LogP contribution in [0.25, 0.3) is 0 Å². The molecule has 18 heavy (non-hydrogen) atoms. The summed E-state index contributed by atoms with van der Waals surface area (Å²) in [5, 5.41) is 0. The first-order valence-electron chi connectivity index (χ1n) is 6.24. The molecule has 4 nitrogen and oxygen atoms in total. The van der Waals surface area contributed by atoms with Crippen molar-refractivity contribution in [1.82, 2.24) is 0 Å². The zero-order valence-electron chi connectivity index (χ0n) is 10.7. The SMILES string of the molecule is COc1ccc(C2OCC3COCC32)cc1OC. The van der Waals surface area contributed by atoms with Crippen LogP contribution in [0, 0.1) is 11.8 Å². The van der Waals surface area contributed by atoms with Crippen LogP contribution in [-0.4, -0.2) is 34.0 Å². The highest BCUT2D eigenvalue weighted by Crippen LogP contribution is 2.43. The number of fused-ring (bicyclic) bond motifs is 1. The Morgan fingerprint density at radius 1 is 1.06 bits per heavy atom. The number of hydrogen-bond acceptors (Lipinski definition) is 4. The third-order valence-corrected chi connectivity index (χ3v) is 3.86. The minimum absolute atomic E-state index is 0.123. The van der Waals surface area contributed by atoms with Crippen LogP contribution in [0.4, 0.5) is 0 Å². The molecule has 0 spiro atoms. The predicted octanol–water partition coefficient (Wildman–Crippen LogP) is 2.04. The monoisotopic (exact) mass is 250 g/mol. The van der Waals surface area contributed by atoms with Gasteiger partial charge in [0.15, 0.2) is 11.5 Å². The van der Waals surface area contributed by atoms with E-state index in [0.717, 1.165) is 36.9 Å². The third-order valence-electron chi connectivity index (χ3n) is 3.86. The largest absolute Gasteiger partial charge is 0.493 e. The van der Waals surface area contributed by atoms with Gasteiger partial charge in [-0.2, -0.15) is 0 Å². The first kappa shape index (κ1) is 11.8. The fourth-order valence-corrected chi connectivity index (χ4v) is 2.85. The zero-order chi connectivity index (χ0) is 12.5. The van der Waals surface area contributed by atoms with E-state index < -0.39 is 0 Å². The summed E-state index contributed by atoms with van der Waals surface area (Å²) in [7, 11) is 3.29. The molecule has 2 aliphatic heterocycles. The molecule has 3 atom stereocenters. The number of benzene rings is 1. The summed E-state index contributed by atoms with van der Waals surface area (Å²) in [6.45, 7) is 2.42. The molecular formula is C14H18O4. The molecule has 2 heterocycles.